The van der Waals surface area contributed by atoms with Crippen LogP contribution >= 0.6 is 0 Å². The number of methoxy groups -OCH3 is 1. The van der Waals surface area contributed by atoms with Crippen LogP contribution in [-0.4, -0.2) is 46.8 Å². The number of anilines is 2. The first-order valence-corrected chi connectivity index (χ1v) is 15.2. The van der Waals surface area contributed by atoms with Gasteiger partial charge in [-0.3, -0.25) is 9.10 Å². The van der Waals surface area contributed by atoms with Gasteiger partial charge in [-0.25, -0.2) is 17.8 Å². The number of fused-ring (bicyclic) bond motifs is 2. The standard InChI is InChI=1S/C32H27FN4O6S/c1-35-31(38)28-21-15-20(18-10-13-26(41-3)22(14-18)32-36-24-7-5-6-23(34)30(24)43-32)25(37(2)44(4,39)40)16-27(21)42-29(28)17-8-11-19(33)12-9-17/h5-16H,34H2,1-4H3,(H,35,38). The summed E-state index contributed by atoms with van der Waals surface area (Å²) in [5.41, 5.74) is 10.3. The zero-order valence-corrected chi connectivity index (χ0v) is 25.0. The molecule has 0 aliphatic heterocycles. The summed E-state index contributed by atoms with van der Waals surface area (Å²) in [5.74, 6) is 0.0545. The quantitative estimate of drug-likeness (QED) is 0.207. The number of carbonyl (C=O) groups excluding carboxylic acids is 1. The number of halogens is 1. The molecule has 44 heavy (non-hydrogen) atoms. The fourth-order valence-corrected chi connectivity index (χ4v) is 5.59. The molecule has 224 valence electrons. The maximum absolute atomic E-state index is 13.7. The number of benzene rings is 4. The van der Waals surface area contributed by atoms with Crippen LogP contribution in [0.4, 0.5) is 15.8 Å². The van der Waals surface area contributed by atoms with Gasteiger partial charge in [-0.2, -0.15) is 0 Å². The molecule has 4 aromatic carbocycles. The molecule has 0 aliphatic carbocycles. The number of nitrogens with zero attached hydrogens (tertiary/aromatic N) is 2. The summed E-state index contributed by atoms with van der Waals surface area (Å²) in [7, 11) is 0.704. The average Bonchev–Trinajstić information content (AvgIpc) is 3.62. The summed E-state index contributed by atoms with van der Waals surface area (Å²) >= 11 is 0. The molecular formula is C32H27FN4O6S. The molecule has 6 aromatic rings. The van der Waals surface area contributed by atoms with Crippen LogP contribution in [0.15, 0.2) is 81.6 Å². The second kappa shape index (κ2) is 10.7. The maximum Gasteiger partial charge on any atom is 0.255 e. The molecule has 12 heteroatoms. The van der Waals surface area contributed by atoms with E-state index in [0.29, 0.717) is 55.9 Å². The van der Waals surface area contributed by atoms with Gasteiger partial charge >= 0.3 is 0 Å². The Kier molecular flexibility index (Phi) is 7.01. The summed E-state index contributed by atoms with van der Waals surface area (Å²) in [6.45, 7) is 0. The van der Waals surface area contributed by atoms with Crippen LogP contribution < -0.4 is 20.1 Å². The van der Waals surface area contributed by atoms with Crippen molar-refractivity contribution in [2.75, 3.05) is 37.5 Å². The molecule has 0 radical (unpaired) electrons. The van der Waals surface area contributed by atoms with E-state index >= 15 is 0 Å². The number of nitrogens with two attached hydrogens (primary N) is 1. The molecule has 0 spiro atoms. The smallest absolute Gasteiger partial charge is 0.255 e. The number of carbonyl (C=O) groups is 1. The first-order valence-electron chi connectivity index (χ1n) is 13.4. The topological polar surface area (TPSA) is 141 Å². The van der Waals surface area contributed by atoms with Gasteiger partial charge in [0, 0.05) is 36.7 Å². The molecule has 2 aromatic heterocycles. The molecule has 1 amide bonds. The van der Waals surface area contributed by atoms with Crippen molar-refractivity contribution in [1.82, 2.24) is 10.3 Å². The van der Waals surface area contributed by atoms with Gasteiger partial charge in [0.1, 0.15) is 28.4 Å². The van der Waals surface area contributed by atoms with Crippen LogP contribution in [0.25, 0.3) is 56.0 Å². The predicted molar refractivity (Wildman–Crippen MR) is 168 cm³/mol. The Labute approximate surface area is 251 Å². The van der Waals surface area contributed by atoms with Crippen LogP contribution in [-0.2, 0) is 10.0 Å². The predicted octanol–water partition coefficient (Wildman–Crippen LogP) is 6.06. The highest BCUT2D eigenvalue weighted by molar-refractivity contribution is 7.92. The largest absolute Gasteiger partial charge is 0.496 e. The van der Waals surface area contributed by atoms with Gasteiger partial charge in [-0.05, 0) is 60.2 Å². The van der Waals surface area contributed by atoms with Crippen LogP contribution in [0.1, 0.15) is 10.4 Å². The number of oxazole rings is 1. The Morgan fingerprint density at radius 1 is 1.00 bits per heavy atom. The van der Waals surface area contributed by atoms with Crippen molar-refractivity contribution < 1.29 is 31.2 Å². The lowest BCUT2D eigenvalue weighted by Gasteiger charge is -2.21. The number of rotatable bonds is 7. The summed E-state index contributed by atoms with van der Waals surface area (Å²) in [6, 6.07) is 19.3. The lowest BCUT2D eigenvalue weighted by molar-refractivity contribution is 0.0964. The lowest BCUT2D eigenvalue weighted by Crippen LogP contribution is -2.25. The van der Waals surface area contributed by atoms with Gasteiger partial charge in [0.15, 0.2) is 5.58 Å². The summed E-state index contributed by atoms with van der Waals surface area (Å²) in [4.78, 5) is 17.8. The number of hydrogen-bond acceptors (Lipinski definition) is 8. The fraction of sp³-hybridized carbons (Fsp3) is 0.125. The number of para-hydroxylation sites is 1. The third-order valence-electron chi connectivity index (χ3n) is 7.39. The normalized spacial score (nSPS) is 11.7. The van der Waals surface area contributed by atoms with Gasteiger partial charge in [0.05, 0.1) is 35.9 Å². The fourth-order valence-electron chi connectivity index (χ4n) is 5.09. The SMILES string of the molecule is CNC(=O)c1c(-c2ccc(F)cc2)oc2cc(N(C)S(C)(=O)=O)c(-c3ccc(OC)c(-c4nc5cccc(N)c5o4)c3)cc12. The summed E-state index contributed by atoms with van der Waals surface area (Å²) < 4.78 is 58.2. The highest BCUT2D eigenvalue weighted by Crippen LogP contribution is 2.43. The molecule has 2 heterocycles. The van der Waals surface area contributed by atoms with E-state index in [1.54, 1.807) is 48.5 Å². The minimum atomic E-state index is -3.73. The first kappa shape index (κ1) is 28.7. The number of furan rings is 1. The molecule has 0 fully saturated rings. The van der Waals surface area contributed by atoms with Crippen molar-refractivity contribution in [2.24, 2.45) is 0 Å². The van der Waals surface area contributed by atoms with E-state index in [2.05, 4.69) is 10.3 Å². The molecular weight excluding hydrogens is 587 g/mol. The Morgan fingerprint density at radius 2 is 1.73 bits per heavy atom. The van der Waals surface area contributed by atoms with E-state index in [1.807, 2.05) is 0 Å². The molecule has 0 unspecified atom stereocenters. The van der Waals surface area contributed by atoms with Gasteiger partial charge in [-0.15, -0.1) is 0 Å². The number of sulfonamides is 1. The van der Waals surface area contributed by atoms with Crippen LogP contribution in [0.3, 0.4) is 0 Å². The van der Waals surface area contributed by atoms with E-state index in [-0.39, 0.29) is 22.8 Å². The van der Waals surface area contributed by atoms with E-state index in [0.717, 1.165) is 10.6 Å². The molecule has 0 saturated carbocycles. The third-order valence-corrected chi connectivity index (χ3v) is 8.58. The zero-order valence-electron chi connectivity index (χ0n) is 24.1. The van der Waals surface area contributed by atoms with Crippen molar-refractivity contribution in [1.29, 1.82) is 0 Å². The van der Waals surface area contributed by atoms with E-state index in [4.69, 9.17) is 19.3 Å². The molecule has 0 aliphatic rings. The molecule has 6 rings (SSSR count). The summed E-state index contributed by atoms with van der Waals surface area (Å²) in [5, 5.41) is 3.07. The van der Waals surface area contributed by atoms with Crippen molar-refractivity contribution in [2.45, 2.75) is 0 Å². The highest BCUT2D eigenvalue weighted by Gasteiger charge is 2.26. The number of hydrogen-bond donors (Lipinski definition) is 2. The second-order valence-electron chi connectivity index (χ2n) is 10.1. The minimum absolute atomic E-state index is 0.212. The first-order chi connectivity index (χ1) is 21.0. The molecule has 10 nitrogen and oxygen atoms in total. The Hall–Kier alpha value is -5.36. The van der Waals surface area contributed by atoms with E-state index in [9.17, 15) is 17.6 Å². The van der Waals surface area contributed by atoms with Gasteiger partial charge in [0.2, 0.25) is 15.9 Å². The van der Waals surface area contributed by atoms with Crippen molar-refractivity contribution in [3.8, 4) is 39.7 Å². The number of nitrogens with one attached hydrogen (secondary N) is 1. The van der Waals surface area contributed by atoms with Gasteiger partial charge in [0.25, 0.3) is 5.91 Å². The van der Waals surface area contributed by atoms with Crippen molar-refractivity contribution in [3.63, 3.8) is 0 Å². The Balaban J connectivity index is 1.64. The highest BCUT2D eigenvalue weighted by atomic mass is 32.2. The zero-order chi connectivity index (χ0) is 31.3. The van der Waals surface area contributed by atoms with Crippen LogP contribution in [0, 0.1) is 5.82 Å². The Bertz CT molecular complexity index is 2190. The van der Waals surface area contributed by atoms with Gasteiger partial charge in [-0.1, -0.05) is 12.1 Å². The van der Waals surface area contributed by atoms with E-state index in [1.165, 1.54) is 45.5 Å². The number of aromatic nitrogens is 1. The molecule has 0 atom stereocenters. The monoisotopic (exact) mass is 614 g/mol. The minimum Gasteiger partial charge on any atom is -0.496 e. The number of amides is 1. The summed E-state index contributed by atoms with van der Waals surface area (Å²) in [6.07, 6.45) is 1.09. The maximum atomic E-state index is 13.7. The van der Waals surface area contributed by atoms with Gasteiger partial charge < -0.3 is 24.6 Å². The molecule has 0 saturated heterocycles. The van der Waals surface area contributed by atoms with Crippen molar-refractivity contribution in [3.05, 3.63) is 84.2 Å². The van der Waals surface area contributed by atoms with Crippen LogP contribution in [0.2, 0.25) is 0 Å². The number of ether oxygens (including phenoxy) is 1. The lowest BCUT2D eigenvalue weighted by atomic mass is 9.97. The Morgan fingerprint density at radius 3 is 2.39 bits per heavy atom. The second-order valence-corrected chi connectivity index (χ2v) is 12.1. The van der Waals surface area contributed by atoms with E-state index < -0.39 is 21.7 Å². The number of nitrogen functional groups attached to an aromatic ring is 1. The third kappa shape index (κ3) is 4.88. The van der Waals surface area contributed by atoms with Crippen molar-refractivity contribution >= 4 is 49.4 Å². The molecule has 0 bridgehead atoms. The average molecular weight is 615 g/mol. The molecule has 3 N–H and O–H groups in total. The van der Waals surface area contributed by atoms with Crippen LogP contribution in [0.5, 0.6) is 5.75 Å².